The van der Waals surface area contributed by atoms with Crippen LogP contribution in [0.4, 0.5) is 5.82 Å². The molecule has 0 aromatic carbocycles. The minimum atomic E-state index is -0.410. The van der Waals surface area contributed by atoms with Crippen LogP contribution < -0.4 is 5.32 Å². The number of hydrogen-bond acceptors (Lipinski definition) is 4. The van der Waals surface area contributed by atoms with E-state index in [-0.39, 0.29) is 11.9 Å². The van der Waals surface area contributed by atoms with Crippen molar-refractivity contribution in [2.45, 2.75) is 39.7 Å². The van der Waals surface area contributed by atoms with Gasteiger partial charge in [-0.15, -0.1) is 0 Å². The van der Waals surface area contributed by atoms with Crippen molar-refractivity contribution < 1.29 is 4.92 Å². The van der Waals surface area contributed by atoms with Crippen molar-refractivity contribution in [1.29, 1.82) is 0 Å². The summed E-state index contributed by atoms with van der Waals surface area (Å²) in [4.78, 5) is 14.3. The Balaban J connectivity index is 2.86. The molecule has 0 radical (unpaired) electrons. The van der Waals surface area contributed by atoms with Crippen LogP contribution in [0.3, 0.4) is 0 Å². The zero-order valence-electron chi connectivity index (χ0n) is 11.5. The number of nitrogens with zero attached hydrogens (tertiary/aromatic N) is 3. The van der Waals surface area contributed by atoms with Crippen molar-refractivity contribution in [3.63, 3.8) is 0 Å². The lowest BCUT2D eigenvalue weighted by atomic mass is 9.99. The van der Waals surface area contributed by atoms with Gasteiger partial charge in [0.2, 0.25) is 6.33 Å². The fourth-order valence-corrected chi connectivity index (χ4v) is 1.91. The first kappa shape index (κ1) is 14.6. The maximum atomic E-state index is 10.9. The van der Waals surface area contributed by atoms with Crippen molar-refractivity contribution in [2.75, 3.05) is 6.54 Å². The highest BCUT2D eigenvalue weighted by Gasteiger charge is 2.24. The normalized spacial score (nSPS) is 12.9. The van der Waals surface area contributed by atoms with Gasteiger partial charge >= 0.3 is 5.82 Å². The Morgan fingerprint density at radius 3 is 2.72 bits per heavy atom. The molecule has 0 amide bonds. The molecule has 102 valence electrons. The smallest absolute Gasteiger partial charge is 0.358 e. The zero-order valence-corrected chi connectivity index (χ0v) is 11.5. The maximum Gasteiger partial charge on any atom is 0.384 e. The number of aromatic nitrogens is 2. The second-order valence-electron chi connectivity index (χ2n) is 4.89. The highest BCUT2D eigenvalue weighted by Crippen LogP contribution is 2.19. The summed E-state index contributed by atoms with van der Waals surface area (Å²) in [5.74, 6) is 0.396. The molecule has 6 nitrogen and oxygen atoms in total. The van der Waals surface area contributed by atoms with Gasteiger partial charge < -0.3 is 20.0 Å². The highest BCUT2D eigenvalue weighted by molar-refractivity contribution is 5.27. The van der Waals surface area contributed by atoms with E-state index in [9.17, 15) is 10.1 Å². The third-order valence-electron chi connectivity index (χ3n) is 3.08. The zero-order chi connectivity index (χ0) is 13.7. The van der Waals surface area contributed by atoms with Gasteiger partial charge in [0.25, 0.3) is 0 Å². The molecule has 0 saturated carbocycles. The molecule has 0 aliphatic heterocycles. The van der Waals surface area contributed by atoms with Crippen LogP contribution in [0.25, 0.3) is 0 Å². The van der Waals surface area contributed by atoms with Crippen LogP contribution in [-0.4, -0.2) is 27.1 Å². The Labute approximate surface area is 108 Å². The van der Waals surface area contributed by atoms with Crippen LogP contribution in [0, 0.1) is 16.0 Å². The second-order valence-corrected chi connectivity index (χ2v) is 4.89. The van der Waals surface area contributed by atoms with Crippen molar-refractivity contribution in [2.24, 2.45) is 13.0 Å². The summed E-state index contributed by atoms with van der Waals surface area (Å²) < 4.78 is 1.74. The molecule has 1 rings (SSSR count). The number of nitro groups is 1. The Bertz CT molecular complexity index is 401. The molecule has 6 heteroatoms. The van der Waals surface area contributed by atoms with Crippen LogP contribution in [-0.2, 0) is 13.5 Å². The van der Waals surface area contributed by atoms with Crippen molar-refractivity contribution >= 4 is 5.82 Å². The predicted molar refractivity (Wildman–Crippen MR) is 70.5 cm³/mol. The Morgan fingerprint density at radius 2 is 2.22 bits per heavy atom. The van der Waals surface area contributed by atoms with E-state index in [4.69, 9.17) is 0 Å². The molecule has 1 unspecified atom stereocenters. The van der Waals surface area contributed by atoms with Gasteiger partial charge in [0.05, 0.1) is 0 Å². The summed E-state index contributed by atoms with van der Waals surface area (Å²) in [6.07, 6.45) is 3.19. The lowest BCUT2D eigenvalue weighted by Gasteiger charge is -2.22. The van der Waals surface area contributed by atoms with Crippen molar-refractivity contribution in [3.05, 3.63) is 22.1 Å². The molecule has 1 N–H and O–H groups in total. The molecule has 0 fully saturated rings. The first-order valence-electron chi connectivity index (χ1n) is 6.35. The Kier molecular flexibility index (Phi) is 5.27. The van der Waals surface area contributed by atoms with Gasteiger partial charge in [-0.2, -0.15) is 0 Å². The summed E-state index contributed by atoms with van der Waals surface area (Å²) in [6, 6.07) is 0.235. The lowest BCUT2D eigenvalue weighted by molar-refractivity contribution is -0.390. The topological polar surface area (TPSA) is 73.0 Å². The van der Waals surface area contributed by atoms with Gasteiger partial charge in [0.15, 0.2) is 0 Å². The number of aryl methyl sites for hydroxylation is 1. The molecule has 1 aromatic rings. The molecule has 18 heavy (non-hydrogen) atoms. The van der Waals surface area contributed by atoms with E-state index < -0.39 is 4.92 Å². The molecular weight excluding hydrogens is 232 g/mol. The second kappa shape index (κ2) is 6.49. The minimum absolute atomic E-state index is 0.0264. The molecule has 1 atom stereocenters. The number of imidazole rings is 1. The first-order valence-corrected chi connectivity index (χ1v) is 6.35. The Morgan fingerprint density at radius 1 is 1.56 bits per heavy atom. The van der Waals surface area contributed by atoms with E-state index in [1.807, 2.05) is 0 Å². The van der Waals surface area contributed by atoms with E-state index in [1.165, 1.54) is 6.33 Å². The van der Waals surface area contributed by atoms with Gasteiger partial charge in [0.1, 0.15) is 5.69 Å². The SMILES string of the molecule is CCCNC(Cc1c([N+](=O)[O-])ncn1C)C(C)C. The summed E-state index contributed by atoms with van der Waals surface area (Å²) in [6.45, 7) is 7.27. The fraction of sp³-hybridized carbons (Fsp3) is 0.750. The monoisotopic (exact) mass is 254 g/mol. The average molecular weight is 254 g/mol. The van der Waals surface area contributed by atoms with Gasteiger partial charge in [-0.25, -0.2) is 0 Å². The minimum Gasteiger partial charge on any atom is -0.358 e. The summed E-state index contributed by atoms with van der Waals surface area (Å²) in [5, 5.41) is 14.3. The fourth-order valence-electron chi connectivity index (χ4n) is 1.91. The third-order valence-corrected chi connectivity index (χ3v) is 3.08. The third kappa shape index (κ3) is 3.53. The summed E-state index contributed by atoms with van der Waals surface area (Å²) in [5.41, 5.74) is 0.683. The van der Waals surface area contributed by atoms with Crippen LogP contribution >= 0.6 is 0 Å². The highest BCUT2D eigenvalue weighted by atomic mass is 16.6. The molecule has 0 saturated heterocycles. The standard InChI is InChI=1S/C12H22N4O2/c1-5-6-13-10(9(2)3)7-11-12(16(17)18)14-8-15(11)4/h8-10,13H,5-7H2,1-4H3. The molecule has 0 aliphatic rings. The van der Waals surface area contributed by atoms with Gasteiger partial charge in [-0.05, 0) is 28.8 Å². The van der Waals surface area contributed by atoms with Crippen molar-refractivity contribution in [3.8, 4) is 0 Å². The van der Waals surface area contributed by atoms with Crippen LogP contribution in [0.5, 0.6) is 0 Å². The molecule has 0 aliphatic carbocycles. The first-order chi connectivity index (χ1) is 8.47. The van der Waals surface area contributed by atoms with Crippen molar-refractivity contribution in [1.82, 2.24) is 14.9 Å². The molecule has 0 bridgehead atoms. The largest absolute Gasteiger partial charge is 0.384 e. The Hall–Kier alpha value is -1.43. The van der Waals surface area contributed by atoms with Crippen LogP contribution in [0.2, 0.25) is 0 Å². The van der Waals surface area contributed by atoms with Crippen LogP contribution in [0.15, 0.2) is 6.33 Å². The van der Waals surface area contributed by atoms with Gasteiger partial charge in [-0.1, -0.05) is 20.8 Å². The quantitative estimate of drug-likeness (QED) is 0.595. The molecule has 0 spiro atoms. The number of rotatable bonds is 7. The van der Waals surface area contributed by atoms with E-state index in [0.717, 1.165) is 13.0 Å². The van der Waals surface area contributed by atoms with E-state index >= 15 is 0 Å². The molecule has 1 aromatic heterocycles. The van der Waals surface area contributed by atoms with Crippen LogP contribution in [0.1, 0.15) is 32.9 Å². The maximum absolute atomic E-state index is 10.9. The van der Waals surface area contributed by atoms with E-state index in [1.54, 1.807) is 11.6 Å². The summed E-state index contributed by atoms with van der Waals surface area (Å²) >= 11 is 0. The number of nitrogens with one attached hydrogen (secondary N) is 1. The lowest BCUT2D eigenvalue weighted by Crippen LogP contribution is -2.36. The average Bonchev–Trinajstić information content (AvgIpc) is 2.65. The predicted octanol–water partition coefficient (Wildman–Crippen LogP) is 1.90. The summed E-state index contributed by atoms with van der Waals surface area (Å²) in [7, 11) is 1.80. The molecule has 1 heterocycles. The molecular formula is C12H22N4O2. The van der Waals surface area contributed by atoms with Gasteiger partial charge in [-0.3, -0.25) is 0 Å². The van der Waals surface area contributed by atoms with E-state index in [2.05, 4.69) is 31.1 Å². The number of hydrogen-bond donors (Lipinski definition) is 1. The van der Waals surface area contributed by atoms with E-state index in [0.29, 0.717) is 18.0 Å². The van der Waals surface area contributed by atoms with Gasteiger partial charge in [0, 0.05) is 19.5 Å².